The fourth-order valence-corrected chi connectivity index (χ4v) is 3.90. The van der Waals surface area contributed by atoms with Crippen LogP contribution in [0.25, 0.3) is 16.5 Å². The largest absolute Gasteiger partial charge is 0.345 e. The fraction of sp³-hybridized carbons (Fsp3) is 0.0625. The third-order valence-electron chi connectivity index (χ3n) is 3.31. The number of H-pyrrole nitrogens is 1. The number of rotatable bonds is 3. The summed E-state index contributed by atoms with van der Waals surface area (Å²) in [5.41, 5.74) is 2.02. The summed E-state index contributed by atoms with van der Waals surface area (Å²) in [6, 6.07) is 10.1. The maximum atomic E-state index is 12.8. The number of fused-ring (bicyclic) bond motifs is 1. The van der Waals surface area contributed by atoms with Gasteiger partial charge in [-0.2, -0.15) is 0 Å². The molecular weight excluding hydrogens is 284 g/mol. The van der Waals surface area contributed by atoms with Gasteiger partial charge in [0.15, 0.2) is 0 Å². The molecule has 21 heavy (non-hydrogen) atoms. The summed E-state index contributed by atoms with van der Waals surface area (Å²) in [6.07, 6.45) is 3.28. The SMILES string of the molecule is C=C(C)c1c(S(=O)(=O)c2ccccc2)[nH]c2ccncc12. The summed E-state index contributed by atoms with van der Waals surface area (Å²) in [5.74, 6) is 0. The highest BCUT2D eigenvalue weighted by Crippen LogP contribution is 2.33. The first-order chi connectivity index (χ1) is 10.0. The summed E-state index contributed by atoms with van der Waals surface area (Å²) in [5, 5.41) is 0.934. The summed E-state index contributed by atoms with van der Waals surface area (Å²) >= 11 is 0. The Hall–Kier alpha value is -2.40. The molecule has 0 amide bonds. The third-order valence-corrected chi connectivity index (χ3v) is 5.05. The number of benzene rings is 1. The van der Waals surface area contributed by atoms with Gasteiger partial charge in [-0.25, -0.2) is 8.42 Å². The molecular formula is C16H14N2O2S. The van der Waals surface area contributed by atoms with E-state index in [4.69, 9.17) is 0 Å². The maximum Gasteiger partial charge on any atom is 0.222 e. The molecule has 2 heterocycles. The Morgan fingerprint density at radius 2 is 1.90 bits per heavy atom. The Bertz CT molecular complexity index is 925. The van der Waals surface area contributed by atoms with Gasteiger partial charge >= 0.3 is 0 Å². The zero-order chi connectivity index (χ0) is 15.0. The molecule has 3 aromatic rings. The van der Waals surface area contributed by atoms with Gasteiger partial charge in [0.25, 0.3) is 0 Å². The Labute approximate surface area is 123 Å². The lowest BCUT2D eigenvalue weighted by Crippen LogP contribution is -2.04. The Balaban J connectivity index is 2.35. The number of aromatic nitrogens is 2. The van der Waals surface area contributed by atoms with Gasteiger partial charge in [-0.15, -0.1) is 0 Å². The number of aromatic amines is 1. The second-order valence-electron chi connectivity index (χ2n) is 4.85. The Kier molecular flexibility index (Phi) is 3.14. The molecule has 106 valence electrons. The van der Waals surface area contributed by atoms with Gasteiger partial charge in [0.05, 0.1) is 10.4 Å². The van der Waals surface area contributed by atoms with Crippen LogP contribution in [0.1, 0.15) is 12.5 Å². The van der Waals surface area contributed by atoms with E-state index in [1.165, 1.54) is 0 Å². The molecule has 0 saturated carbocycles. The number of nitrogens with one attached hydrogen (secondary N) is 1. The quantitative estimate of drug-likeness (QED) is 0.805. The van der Waals surface area contributed by atoms with E-state index in [1.807, 2.05) is 0 Å². The van der Waals surface area contributed by atoms with Gasteiger partial charge < -0.3 is 4.98 Å². The molecule has 0 radical (unpaired) electrons. The van der Waals surface area contributed by atoms with Crippen molar-refractivity contribution in [1.29, 1.82) is 0 Å². The van der Waals surface area contributed by atoms with E-state index in [1.54, 1.807) is 55.7 Å². The number of hydrogen-bond acceptors (Lipinski definition) is 3. The van der Waals surface area contributed by atoms with Gasteiger partial charge in [-0.05, 0) is 30.7 Å². The molecule has 5 heteroatoms. The molecule has 3 rings (SSSR count). The third kappa shape index (κ3) is 2.15. The minimum atomic E-state index is -3.62. The number of allylic oxidation sites excluding steroid dienone is 1. The number of pyridine rings is 1. The molecule has 0 aliphatic heterocycles. The maximum absolute atomic E-state index is 12.8. The van der Waals surface area contributed by atoms with E-state index in [9.17, 15) is 8.42 Å². The number of nitrogens with zero attached hydrogens (tertiary/aromatic N) is 1. The lowest BCUT2D eigenvalue weighted by atomic mass is 10.1. The predicted octanol–water partition coefficient (Wildman–Crippen LogP) is 3.43. The van der Waals surface area contributed by atoms with Crippen molar-refractivity contribution in [2.45, 2.75) is 16.8 Å². The van der Waals surface area contributed by atoms with Crippen LogP contribution in [0.4, 0.5) is 0 Å². The predicted molar refractivity (Wildman–Crippen MR) is 82.7 cm³/mol. The van der Waals surface area contributed by atoms with Crippen LogP contribution in [0.5, 0.6) is 0 Å². The highest BCUT2D eigenvalue weighted by molar-refractivity contribution is 7.91. The van der Waals surface area contributed by atoms with E-state index in [2.05, 4.69) is 16.5 Å². The molecule has 1 N–H and O–H groups in total. The molecule has 0 aliphatic rings. The zero-order valence-electron chi connectivity index (χ0n) is 11.5. The van der Waals surface area contributed by atoms with Crippen LogP contribution < -0.4 is 0 Å². The molecule has 0 saturated heterocycles. The topological polar surface area (TPSA) is 62.8 Å². The van der Waals surface area contributed by atoms with E-state index < -0.39 is 9.84 Å². The van der Waals surface area contributed by atoms with Crippen molar-refractivity contribution in [2.75, 3.05) is 0 Å². The molecule has 2 aromatic heterocycles. The van der Waals surface area contributed by atoms with Crippen molar-refractivity contribution in [3.63, 3.8) is 0 Å². The summed E-state index contributed by atoms with van der Waals surface area (Å²) in [4.78, 5) is 7.32. The van der Waals surface area contributed by atoms with Crippen LogP contribution in [0.15, 0.2) is 65.3 Å². The lowest BCUT2D eigenvalue weighted by molar-refractivity contribution is 0.593. The molecule has 0 atom stereocenters. The summed E-state index contributed by atoms with van der Waals surface area (Å²) < 4.78 is 25.7. The first-order valence-corrected chi connectivity index (χ1v) is 7.92. The van der Waals surface area contributed by atoms with Crippen molar-refractivity contribution in [3.8, 4) is 0 Å². The van der Waals surface area contributed by atoms with Crippen LogP contribution in [-0.2, 0) is 9.84 Å². The minimum Gasteiger partial charge on any atom is -0.345 e. The highest BCUT2D eigenvalue weighted by Gasteiger charge is 2.25. The second kappa shape index (κ2) is 4.86. The summed E-state index contributed by atoms with van der Waals surface area (Å²) in [6.45, 7) is 5.69. The fourth-order valence-electron chi connectivity index (χ4n) is 2.35. The van der Waals surface area contributed by atoms with Crippen molar-refractivity contribution in [3.05, 3.63) is 60.9 Å². The van der Waals surface area contributed by atoms with Crippen LogP contribution in [0.2, 0.25) is 0 Å². The van der Waals surface area contributed by atoms with E-state index in [0.29, 0.717) is 11.1 Å². The average Bonchev–Trinajstić information content (AvgIpc) is 2.88. The molecule has 0 aliphatic carbocycles. The van der Waals surface area contributed by atoms with Gasteiger partial charge in [0, 0.05) is 23.3 Å². The van der Waals surface area contributed by atoms with E-state index >= 15 is 0 Å². The van der Waals surface area contributed by atoms with Crippen molar-refractivity contribution >= 4 is 26.3 Å². The smallest absolute Gasteiger partial charge is 0.222 e. The van der Waals surface area contributed by atoms with Crippen LogP contribution in [0.3, 0.4) is 0 Å². The molecule has 0 spiro atoms. The molecule has 4 nitrogen and oxygen atoms in total. The average molecular weight is 298 g/mol. The highest BCUT2D eigenvalue weighted by atomic mass is 32.2. The van der Waals surface area contributed by atoms with Crippen molar-refractivity contribution in [2.24, 2.45) is 0 Å². The van der Waals surface area contributed by atoms with Gasteiger partial charge in [-0.3, -0.25) is 4.98 Å². The Morgan fingerprint density at radius 1 is 1.19 bits per heavy atom. The second-order valence-corrected chi connectivity index (χ2v) is 6.73. The van der Waals surface area contributed by atoms with Crippen molar-refractivity contribution < 1.29 is 8.42 Å². The van der Waals surface area contributed by atoms with Crippen LogP contribution >= 0.6 is 0 Å². The van der Waals surface area contributed by atoms with E-state index in [-0.39, 0.29) is 9.92 Å². The molecule has 0 fully saturated rings. The van der Waals surface area contributed by atoms with Crippen LogP contribution in [0, 0.1) is 0 Å². The summed E-state index contributed by atoms with van der Waals surface area (Å²) in [7, 11) is -3.62. The van der Waals surface area contributed by atoms with Crippen molar-refractivity contribution in [1.82, 2.24) is 9.97 Å². The lowest BCUT2D eigenvalue weighted by Gasteiger charge is -2.06. The standard InChI is InChI=1S/C16H14N2O2S/c1-11(2)15-13-10-17-9-8-14(13)18-16(15)21(19,20)12-6-4-3-5-7-12/h3-10,18H,1H2,2H3. The normalized spacial score (nSPS) is 11.7. The minimum absolute atomic E-state index is 0.171. The zero-order valence-corrected chi connectivity index (χ0v) is 12.3. The Morgan fingerprint density at radius 3 is 2.57 bits per heavy atom. The molecule has 0 bridgehead atoms. The number of hydrogen-bond donors (Lipinski definition) is 1. The van der Waals surface area contributed by atoms with Crippen LogP contribution in [-0.4, -0.2) is 18.4 Å². The van der Waals surface area contributed by atoms with Gasteiger partial charge in [0.1, 0.15) is 5.03 Å². The molecule has 0 unspecified atom stereocenters. The van der Waals surface area contributed by atoms with Gasteiger partial charge in [0.2, 0.25) is 9.84 Å². The first kappa shape index (κ1) is 13.6. The van der Waals surface area contributed by atoms with E-state index in [0.717, 1.165) is 10.9 Å². The monoisotopic (exact) mass is 298 g/mol. The molecule has 1 aromatic carbocycles. The first-order valence-electron chi connectivity index (χ1n) is 6.43. The number of sulfone groups is 1. The van der Waals surface area contributed by atoms with Gasteiger partial charge in [-0.1, -0.05) is 24.8 Å².